The second-order valence-electron chi connectivity index (χ2n) is 0. The molecule has 0 aromatic rings. The SMILES string of the molecule is Cl.Cl.[Cl-].[Cl-].[Cl-].[Cl-].[Os+4]. The average Bonchev–Trinajstić information content (AvgIpc) is 0. The molecule has 0 nitrogen and oxygen atoms in total. The summed E-state index contributed by atoms with van der Waals surface area (Å²) in [7, 11) is 0. The Labute approximate surface area is 93.5 Å². The minimum atomic E-state index is 0. The molecule has 0 aromatic carbocycles. The summed E-state index contributed by atoms with van der Waals surface area (Å²) in [6.45, 7) is 0. The van der Waals surface area contributed by atoms with Crippen molar-refractivity contribution in [3.63, 3.8) is 0 Å². The summed E-state index contributed by atoms with van der Waals surface area (Å²) >= 11 is 0. The van der Waals surface area contributed by atoms with Gasteiger partial charge >= 0.3 is 19.8 Å². The molecule has 0 aliphatic carbocycles. The van der Waals surface area contributed by atoms with Crippen LogP contribution in [0.5, 0.6) is 0 Å². The molecule has 0 atom stereocenters. The van der Waals surface area contributed by atoms with E-state index in [0.29, 0.717) is 0 Å². The third-order valence-corrected chi connectivity index (χ3v) is 0. The quantitative estimate of drug-likeness (QED) is 0.376. The molecule has 52 valence electrons. The van der Waals surface area contributed by atoms with Crippen molar-refractivity contribution in [1.29, 1.82) is 0 Å². The summed E-state index contributed by atoms with van der Waals surface area (Å²) in [5.41, 5.74) is 0. The third kappa shape index (κ3) is 60.3. The predicted molar refractivity (Wildman–Crippen MR) is 14.5 cm³/mol. The number of halogens is 6. The van der Waals surface area contributed by atoms with Crippen LogP contribution in [0, 0.1) is 0 Å². The van der Waals surface area contributed by atoms with Gasteiger partial charge in [0.25, 0.3) is 0 Å². The van der Waals surface area contributed by atoms with Crippen molar-refractivity contribution in [2.45, 2.75) is 0 Å². The minimum absolute atomic E-state index is 0. The molecule has 0 amide bonds. The van der Waals surface area contributed by atoms with Gasteiger partial charge in [-0.1, -0.05) is 0 Å². The van der Waals surface area contributed by atoms with Crippen molar-refractivity contribution in [2.24, 2.45) is 0 Å². The van der Waals surface area contributed by atoms with Crippen molar-refractivity contribution in [3.8, 4) is 0 Å². The zero-order valence-electron chi connectivity index (χ0n) is 2.68. The molecule has 0 N–H and O–H groups in total. The van der Waals surface area contributed by atoms with Crippen LogP contribution in [-0.4, -0.2) is 0 Å². The van der Waals surface area contributed by atoms with Crippen LogP contribution >= 0.6 is 24.8 Å². The molecule has 0 rings (SSSR count). The van der Waals surface area contributed by atoms with Crippen molar-refractivity contribution in [3.05, 3.63) is 0 Å². The molecule has 0 fully saturated rings. The van der Waals surface area contributed by atoms with E-state index in [2.05, 4.69) is 0 Å². The molecule has 0 heterocycles. The summed E-state index contributed by atoms with van der Waals surface area (Å²) in [6.07, 6.45) is 0. The van der Waals surface area contributed by atoms with Crippen molar-refractivity contribution in [2.75, 3.05) is 0 Å². The fourth-order valence-electron chi connectivity index (χ4n) is 0. The van der Waals surface area contributed by atoms with Crippen LogP contribution in [0.1, 0.15) is 0 Å². The summed E-state index contributed by atoms with van der Waals surface area (Å²) in [5.74, 6) is 0. The second-order valence-corrected chi connectivity index (χ2v) is 0. The molecule has 7 heavy (non-hydrogen) atoms. The van der Waals surface area contributed by atoms with Crippen molar-refractivity contribution < 1.29 is 69.4 Å². The van der Waals surface area contributed by atoms with Crippen LogP contribution in [0.25, 0.3) is 0 Å². The van der Waals surface area contributed by atoms with Gasteiger partial charge in [0.1, 0.15) is 0 Å². The van der Waals surface area contributed by atoms with Gasteiger partial charge in [-0.2, -0.15) is 0 Å². The zero-order valence-corrected chi connectivity index (χ0v) is 9.88. The molecular formula is H2Cl6Os. The van der Waals surface area contributed by atoms with Gasteiger partial charge in [0, 0.05) is 0 Å². The third-order valence-electron chi connectivity index (χ3n) is 0. The monoisotopic (exact) mass is 404 g/mol. The molecule has 0 saturated heterocycles. The smallest absolute Gasteiger partial charge is 1.00 e. The Morgan fingerprint density at radius 2 is 0.429 bits per heavy atom. The molecule has 0 unspecified atom stereocenters. The van der Waals surface area contributed by atoms with Gasteiger partial charge in [0.2, 0.25) is 0 Å². The molecule has 0 aliphatic rings. The molecule has 7 heteroatoms. The fraction of sp³-hybridized carbons (Fsp3) is 0. The van der Waals surface area contributed by atoms with E-state index in [9.17, 15) is 0 Å². The Morgan fingerprint density at radius 3 is 0.429 bits per heavy atom. The first-order valence-electron chi connectivity index (χ1n) is 0. The maximum Gasteiger partial charge on any atom is 4.00 e. The first-order chi connectivity index (χ1) is 0. The van der Waals surface area contributed by atoms with E-state index in [1.807, 2.05) is 0 Å². The molecule has 0 spiro atoms. The van der Waals surface area contributed by atoms with Crippen molar-refractivity contribution in [1.82, 2.24) is 0 Å². The Morgan fingerprint density at radius 1 is 0.429 bits per heavy atom. The van der Waals surface area contributed by atoms with Crippen LogP contribution in [0.15, 0.2) is 0 Å². The summed E-state index contributed by atoms with van der Waals surface area (Å²) in [6, 6.07) is 0. The summed E-state index contributed by atoms with van der Waals surface area (Å²) < 4.78 is 0. The standard InChI is InChI=1S/6ClH.Os/h6*1H;/q;;;;;;+4/p-4. The molecular weight excluding hydrogens is 403 g/mol. The van der Waals surface area contributed by atoms with Crippen molar-refractivity contribution >= 4 is 24.8 Å². The van der Waals surface area contributed by atoms with Crippen LogP contribution in [0.4, 0.5) is 0 Å². The van der Waals surface area contributed by atoms with Gasteiger partial charge in [-0.15, -0.1) is 24.8 Å². The Bertz CT molecular complexity index is 4.14. The first kappa shape index (κ1) is 116. The van der Waals surface area contributed by atoms with Gasteiger partial charge in [0.15, 0.2) is 0 Å². The number of rotatable bonds is 0. The van der Waals surface area contributed by atoms with E-state index >= 15 is 0 Å². The molecule has 0 bridgehead atoms. The topological polar surface area (TPSA) is 0 Å². The average molecular weight is 405 g/mol. The maximum atomic E-state index is 0. The van der Waals surface area contributed by atoms with E-state index in [0.717, 1.165) is 0 Å². The molecule has 0 radical (unpaired) electrons. The van der Waals surface area contributed by atoms with Crippen LogP contribution in [0.3, 0.4) is 0 Å². The molecule has 0 aromatic heterocycles. The fourth-order valence-corrected chi connectivity index (χ4v) is 0. The van der Waals surface area contributed by atoms with Gasteiger partial charge in [-0.25, -0.2) is 0 Å². The second kappa shape index (κ2) is 80.7. The normalized spacial score (nSPS) is 0. The van der Waals surface area contributed by atoms with E-state index in [1.165, 1.54) is 0 Å². The Kier molecular flexibility index (Phi) is 1340. The van der Waals surface area contributed by atoms with E-state index in [-0.39, 0.29) is 94.2 Å². The van der Waals surface area contributed by atoms with E-state index in [4.69, 9.17) is 0 Å². The summed E-state index contributed by atoms with van der Waals surface area (Å²) in [4.78, 5) is 0. The van der Waals surface area contributed by atoms with Gasteiger partial charge < -0.3 is 49.6 Å². The Hall–Kier alpha value is 2.38. The predicted octanol–water partition coefficient (Wildman–Crippen LogP) is -11.1. The van der Waals surface area contributed by atoms with Crippen LogP contribution in [0.2, 0.25) is 0 Å². The first-order valence-corrected chi connectivity index (χ1v) is 0. The Balaban J connectivity index is 0. The number of hydrogen-bond donors (Lipinski definition) is 0. The maximum absolute atomic E-state index is 0. The zero-order chi connectivity index (χ0) is 0. The van der Waals surface area contributed by atoms with Crippen LogP contribution < -0.4 is 49.6 Å². The van der Waals surface area contributed by atoms with Crippen LogP contribution in [-0.2, 0) is 19.8 Å². The number of hydrogen-bond acceptors (Lipinski definition) is 0. The van der Waals surface area contributed by atoms with Gasteiger partial charge in [-0.05, 0) is 0 Å². The summed E-state index contributed by atoms with van der Waals surface area (Å²) in [5, 5.41) is 0. The molecule has 0 saturated carbocycles. The van der Waals surface area contributed by atoms with E-state index in [1.54, 1.807) is 0 Å². The van der Waals surface area contributed by atoms with Gasteiger partial charge in [-0.3, -0.25) is 0 Å². The largest absolute Gasteiger partial charge is 4.00 e. The molecule has 0 aliphatic heterocycles. The van der Waals surface area contributed by atoms with E-state index < -0.39 is 0 Å². The van der Waals surface area contributed by atoms with Gasteiger partial charge in [0.05, 0.1) is 0 Å². The minimum Gasteiger partial charge on any atom is -1.00 e.